The minimum absolute atomic E-state index is 0.133. The fraction of sp³-hybridized carbons (Fsp3) is 0.538. The maximum absolute atomic E-state index is 11.8. The van der Waals surface area contributed by atoms with E-state index in [0.29, 0.717) is 6.54 Å². The van der Waals surface area contributed by atoms with Crippen molar-refractivity contribution in [2.45, 2.75) is 46.8 Å². The standard InChI is InChI=1S/C13H19N3O/c1-5-7-13(17)16(11(3)4)10-12-8-14-15(6-2)9-12/h8-9,11H,6,10H2,1-4H3. The van der Waals surface area contributed by atoms with Crippen molar-refractivity contribution in [2.75, 3.05) is 0 Å². The van der Waals surface area contributed by atoms with Crippen molar-refractivity contribution in [3.05, 3.63) is 18.0 Å². The van der Waals surface area contributed by atoms with Crippen molar-refractivity contribution >= 4 is 5.91 Å². The molecule has 0 saturated carbocycles. The van der Waals surface area contributed by atoms with Gasteiger partial charge in [-0.3, -0.25) is 9.48 Å². The second-order valence-electron chi connectivity index (χ2n) is 4.11. The second-order valence-corrected chi connectivity index (χ2v) is 4.11. The van der Waals surface area contributed by atoms with Gasteiger partial charge < -0.3 is 4.90 Å². The highest BCUT2D eigenvalue weighted by molar-refractivity contribution is 5.93. The number of nitrogens with zero attached hydrogens (tertiary/aromatic N) is 3. The van der Waals surface area contributed by atoms with Crippen LogP contribution in [0.2, 0.25) is 0 Å². The summed E-state index contributed by atoms with van der Waals surface area (Å²) in [6.45, 7) is 9.07. The van der Waals surface area contributed by atoms with E-state index in [4.69, 9.17) is 0 Å². The van der Waals surface area contributed by atoms with Gasteiger partial charge in [-0.2, -0.15) is 5.10 Å². The zero-order valence-corrected chi connectivity index (χ0v) is 10.9. The van der Waals surface area contributed by atoms with E-state index >= 15 is 0 Å². The molecule has 1 rings (SSSR count). The van der Waals surface area contributed by atoms with Crippen LogP contribution in [0.4, 0.5) is 0 Å². The quantitative estimate of drug-likeness (QED) is 0.742. The average molecular weight is 233 g/mol. The van der Waals surface area contributed by atoms with Gasteiger partial charge in [0, 0.05) is 30.9 Å². The first-order chi connectivity index (χ1) is 8.08. The third kappa shape index (κ3) is 3.63. The van der Waals surface area contributed by atoms with E-state index < -0.39 is 0 Å². The molecule has 0 fully saturated rings. The molecule has 1 aromatic heterocycles. The van der Waals surface area contributed by atoms with Crippen molar-refractivity contribution in [1.29, 1.82) is 0 Å². The Bertz CT molecular complexity index is 437. The molecule has 0 aliphatic rings. The first kappa shape index (κ1) is 13.3. The molecule has 0 atom stereocenters. The molecular formula is C13H19N3O. The van der Waals surface area contributed by atoms with Gasteiger partial charge in [-0.1, -0.05) is 5.92 Å². The lowest BCUT2D eigenvalue weighted by molar-refractivity contribution is -0.127. The molecule has 0 spiro atoms. The summed E-state index contributed by atoms with van der Waals surface area (Å²) in [4.78, 5) is 13.5. The van der Waals surface area contributed by atoms with E-state index in [2.05, 4.69) is 16.9 Å². The largest absolute Gasteiger partial charge is 0.325 e. The van der Waals surface area contributed by atoms with Crippen LogP contribution in [0.15, 0.2) is 12.4 Å². The molecule has 0 unspecified atom stereocenters. The van der Waals surface area contributed by atoms with E-state index in [1.807, 2.05) is 31.6 Å². The van der Waals surface area contributed by atoms with Crippen LogP contribution in [0, 0.1) is 11.8 Å². The number of amides is 1. The Morgan fingerprint density at radius 2 is 2.29 bits per heavy atom. The molecule has 1 heterocycles. The van der Waals surface area contributed by atoms with Gasteiger partial charge in [-0.15, -0.1) is 0 Å². The lowest BCUT2D eigenvalue weighted by atomic mass is 10.2. The molecule has 0 N–H and O–H groups in total. The van der Waals surface area contributed by atoms with Gasteiger partial charge in [0.2, 0.25) is 0 Å². The molecule has 0 aliphatic carbocycles. The third-order valence-electron chi connectivity index (χ3n) is 2.48. The number of aromatic nitrogens is 2. The van der Waals surface area contributed by atoms with Crippen LogP contribution in [0.5, 0.6) is 0 Å². The number of hydrogen-bond donors (Lipinski definition) is 0. The van der Waals surface area contributed by atoms with Crippen molar-refractivity contribution < 1.29 is 4.79 Å². The van der Waals surface area contributed by atoms with E-state index in [-0.39, 0.29) is 11.9 Å². The Balaban J connectivity index is 2.78. The molecule has 0 radical (unpaired) electrons. The minimum atomic E-state index is -0.133. The summed E-state index contributed by atoms with van der Waals surface area (Å²) in [6.07, 6.45) is 3.76. The summed E-state index contributed by atoms with van der Waals surface area (Å²) >= 11 is 0. The summed E-state index contributed by atoms with van der Waals surface area (Å²) in [6, 6.07) is 0.133. The molecule has 0 bridgehead atoms. The Morgan fingerprint density at radius 1 is 1.59 bits per heavy atom. The van der Waals surface area contributed by atoms with Gasteiger partial charge in [0.25, 0.3) is 5.91 Å². The van der Waals surface area contributed by atoms with Gasteiger partial charge in [0.1, 0.15) is 0 Å². The average Bonchev–Trinajstić information content (AvgIpc) is 2.73. The molecule has 0 aromatic carbocycles. The number of carbonyl (C=O) groups is 1. The molecule has 4 heteroatoms. The fourth-order valence-electron chi connectivity index (χ4n) is 1.53. The number of hydrogen-bond acceptors (Lipinski definition) is 2. The van der Waals surface area contributed by atoms with Crippen LogP contribution >= 0.6 is 0 Å². The van der Waals surface area contributed by atoms with E-state index in [9.17, 15) is 4.79 Å². The van der Waals surface area contributed by atoms with Crippen LogP contribution in [0.1, 0.15) is 33.3 Å². The summed E-state index contributed by atoms with van der Waals surface area (Å²) in [5.41, 5.74) is 1.03. The topological polar surface area (TPSA) is 38.1 Å². The first-order valence-corrected chi connectivity index (χ1v) is 5.83. The van der Waals surface area contributed by atoms with Gasteiger partial charge in [0.05, 0.1) is 6.20 Å². The van der Waals surface area contributed by atoms with Crippen LogP contribution < -0.4 is 0 Å². The molecule has 4 nitrogen and oxygen atoms in total. The van der Waals surface area contributed by atoms with Crippen LogP contribution in [-0.4, -0.2) is 26.6 Å². The van der Waals surface area contributed by atoms with Crippen molar-refractivity contribution in [3.63, 3.8) is 0 Å². The van der Waals surface area contributed by atoms with Gasteiger partial charge in [0.15, 0.2) is 0 Å². The molecule has 0 saturated heterocycles. The molecule has 92 valence electrons. The lowest BCUT2D eigenvalue weighted by Crippen LogP contribution is -2.35. The van der Waals surface area contributed by atoms with Crippen molar-refractivity contribution in [1.82, 2.24) is 14.7 Å². The summed E-state index contributed by atoms with van der Waals surface area (Å²) in [5.74, 6) is 5.09. The van der Waals surface area contributed by atoms with Crippen LogP contribution in [-0.2, 0) is 17.9 Å². The maximum Gasteiger partial charge on any atom is 0.298 e. The summed E-state index contributed by atoms with van der Waals surface area (Å²) < 4.78 is 1.85. The molecule has 0 aliphatic heterocycles. The zero-order chi connectivity index (χ0) is 12.8. The molecule has 1 amide bonds. The highest BCUT2D eigenvalue weighted by Gasteiger charge is 2.15. The maximum atomic E-state index is 11.8. The molecule has 1 aromatic rings. The molecule has 17 heavy (non-hydrogen) atoms. The number of aryl methyl sites for hydroxylation is 1. The minimum Gasteiger partial charge on any atom is -0.325 e. The highest BCUT2D eigenvalue weighted by atomic mass is 16.2. The zero-order valence-electron chi connectivity index (χ0n) is 10.9. The monoisotopic (exact) mass is 233 g/mol. The second kappa shape index (κ2) is 6.09. The Kier molecular flexibility index (Phi) is 4.77. The number of rotatable bonds is 4. The predicted molar refractivity (Wildman–Crippen MR) is 67.0 cm³/mol. The Labute approximate surface area is 103 Å². The van der Waals surface area contributed by atoms with Gasteiger partial charge in [-0.05, 0) is 33.6 Å². The Morgan fingerprint density at radius 3 is 2.76 bits per heavy atom. The molecular weight excluding hydrogens is 214 g/mol. The van der Waals surface area contributed by atoms with Crippen molar-refractivity contribution in [3.8, 4) is 11.8 Å². The van der Waals surface area contributed by atoms with Gasteiger partial charge in [-0.25, -0.2) is 0 Å². The first-order valence-electron chi connectivity index (χ1n) is 5.83. The van der Waals surface area contributed by atoms with E-state index in [1.165, 1.54) is 0 Å². The summed E-state index contributed by atoms with van der Waals surface area (Å²) in [5, 5.41) is 4.20. The smallest absolute Gasteiger partial charge is 0.298 e. The van der Waals surface area contributed by atoms with Gasteiger partial charge >= 0.3 is 0 Å². The van der Waals surface area contributed by atoms with E-state index in [0.717, 1.165) is 12.1 Å². The summed E-state index contributed by atoms with van der Waals surface area (Å²) in [7, 11) is 0. The predicted octanol–water partition coefficient (Wildman–Crippen LogP) is 1.66. The SMILES string of the molecule is CC#CC(=O)N(Cc1cnn(CC)c1)C(C)C. The van der Waals surface area contributed by atoms with Crippen LogP contribution in [0.3, 0.4) is 0 Å². The third-order valence-corrected chi connectivity index (χ3v) is 2.48. The van der Waals surface area contributed by atoms with Crippen molar-refractivity contribution in [2.24, 2.45) is 0 Å². The highest BCUT2D eigenvalue weighted by Crippen LogP contribution is 2.08. The van der Waals surface area contributed by atoms with Crippen LogP contribution in [0.25, 0.3) is 0 Å². The Hall–Kier alpha value is -1.76. The van der Waals surface area contributed by atoms with E-state index in [1.54, 1.807) is 18.0 Å². The number of carbonyl (C=O) groups excluding carboxylic acids is 1. The lowest BCUT2D eigenvalue weighted by Gasteiger charge is -2.23. The fourth-order valence-corrected chi connectivity index (χ4v) is 1.53. The normalized spacial score (nSPS) is 9.94.